The Morgan fingerprint density at radius 2 is 2.10 bits per heavy atom. The topological polar surface area (TPSA) is 59.9 Å². The maximum absolute atomic E-state index is 12.9. The Labute approximate surface area is 176 Å². The summed E-state index contributed by atoms with van der Waals surface area (Å²) in [7, 11) is 0. The molecule has 1 aliphatic heterocycles. The molecule has 0 fully saturated rings. The van der Waals surface area contributed by atoms with E-state index in [2.05, 4.69) is 10.5 Å². The van der Waals surface area contributed by atoms with Crippen molar-refractivity contribution in [1.29, 1.82) is 0 Å². The van der Waals surface area contributed by atoms with E-state index in [1.165, 1.54) is 30.8 Å². The quantitative estimate of drug-likeness (QED) is 0.610. The Kier molecular flexibility index (Phi) is 6.91. The van der Waals surface area contributed by atoms with Crippen LogP contribution in [0.1, 0.15) is 36.1 Å². The van der Waals surface area contributed by atoms with Crippen LogP contribution in [0.5, 0.6) is 11.5 Å². The molecule has 1 unspecified atom stereocenters. The van der Waals surface area contributed by atoms with Gasteiger partial charge in [0.15, 0.2) is 6.10 Å². The Bertz CT molecular complexity index is 947. The SMILES string of the molecule is CC(=O)NCCSC1=NOC(c2ccc(C)c(Oc3cccc(C(F)(F)F)c3)c2)C1. The van der Waals surface area contributed by atoms with Crippen molar-refractivity contribution in [3.05, 3.63) is 59.2 Å². The molecule has 2 aromatic rings. The number of rotatable bonds is 6. The van der Waals surface area contributed by atoms with Crippen LogP contribution < -0.4 is 10.1 Å². The van der Waals surface area contributed by atoms with Crippen LogP contribution in [0, 0.1) is 6.92 Å². The minimum absolute atomic E-state index is 0.0777. The largest absolute Gasteiger partial charge is 0.457 e. The number of nitrogens with one attached hydrogen (secondary N) is 1. The summed E-state index contributed by atoms with van der Waals surface area (Å²) in [6, 6.07) is 10.3. The normalized spacial score (nSPS) is 16.0. The van der Waals surface area contributed by atoms with Crippen LogP contribution in [-0.2, 0) is 15.8 Å². The lowest BCUT2D eigenvalue weighted by Gasteiger charge is -2.14. The predicted octanol–water partition coefficient (Wildman–Crippen LogP) is 5.45. The zero-order valence-electron chi connectivity index (χ0n) is 16.5. The minimum atomic E-state index is -4.43. The number of amides is 1. The van der Waals surface area contributed by atoms with Gasteiger partial charge in [0.25, 0.3) is 0 Å². The zero-order chi connectivity index (χ0) is 21.7. The van der Waals surface area contributed by atoms with Gasteiger partial charge in [-0.2, -0.15) is 13.2 Å². The second-order valence-corrected chi connectivity index (χ2v) is 7.94. The van der Waals surface area contributed by atoms with E-state index in [1.807, 2.05) is 19.1 Å². The number of nitrogens with zero attached hydrogens (tertiary/aromatic N) is 1. The van der Waals surface area contributed by atoms with E-state index in [0.29, 0.717) is 24.5 Å². The zero-order valence-corrected chi connectivity index (χ0v) is 17.3. The molecule has 1 atom stereocenters. The van der Waals surface area contributed by atoms with Gasteiger partial charge in [-0.1, -0.05) is 23.4 Å². The average molecular weight is 438 g/mol. The molecule has 0 aromatic heterocycles. The van der Waals surface area contributed by atoms with Crippen LogP contribution in [0.15, 0.2) is 47.6 Å². The summed E-state index contributed by atoms with van der Waals surface area (Å²) in [6.07, 6.45) is -4.14. The van der Waals surface area contributed by atoms with Crippen molar-refractivity contribution in [3.63, 3.8) is 0 Å². The summed E-state index contributed by atoms with van der Waals surface area (Å²) in [6.45, 7) is 3.83. The number of halogens is 3. The Morgan fingerprint density at radius 3 is 2.83 bits per heavy atom. The number of hydrogen-bond donors (Lipinski definition) is 1. The van der Waals surface area contributed by atoms with Gasteiger partial charge >= 0.3 is 6.18 Å². The fourth-order valence-corrected chi connectivity index (χ4v) is 3.61. The molecule has 5 nitrogen and oxygen atoms in total. The fourth-order valence-electron chi connectivity index (χ4n) is 2.81. The van der Waals surface area contributed by atoms with Crippen LogP contribution in [0.25, 0.3) is 0 Å². The highest BCUT2D eigenvalue weighted by Crippen LogP contribution is 2.36. The molecule has 1 aliphatic rings. The molecule has 2 aromatic carbocycles. The van der Waals surface area contributed by atoms with Crippen LogP contribution in [-0.4, -0.2) is 23.2 Å². The fraction of sp³-hybridized carbons (Fsp3) is 0.333. The van der Waals surface area contributed by atoms with E-state index in [4.69, 9.17) is 9.57 Å². The summed E-state index contributed by atoms with van der Waals surface area (Å²) >= 11 is 1.51. The third-order valence-corrected chi connectivity index (χ3v) is 5.34. The second kappa shape index (κ2) is 9.42. The van der Waals surface area contributed by atoms with Gasteiger partial charge in [-0.05, 0) is 42.3 Å². The third-order valence-electron chi connectivity index (χ3n) is 4.36. The molecule has 0 radical (unpaired) electrons. The molecule has 1 amide bonds. The molecule has 1 N–H and O–H groups in total. The lowest BCUT2D eigenvalue weighted by Crippen LogP contribution is -2.22. The van der Waals surface area contributed by atoms with E-state index in [0.717, 1.165) is 28.3 Å². The van der Waals surface area contributed by atoms with E-state index in [-0.39, 0.29) is 17.8 Å². The predicted molar refractivity (Wildman–Crippen MR) is 110 cm³/mol. The Balaban J connectivity index is 1.64. The number of benzene rings is 2. The monoisotopic (exact) mass is 438 g/mol. The van der Waals surface area contributed by atoms with Crippen LogP contribution in [0.4, 0.5) is 13.2 Å². The molecule has 0 aliphatic carbocycles. The Morgan fingerprint density at radius 1 is 1.30 bits per heavy atom. The molecule has 160 valence electrons. The Hall–Kier alpha value is -2.68. The van der Waals surface area contributed by atoms with Gasteiger partial charge in [-0.3, -0.25) is 4.79 Å². The maximum Gasteiger partial charge on any atom is 0.416 e. The van der Waals surface area contributed by atoms with Gasteiger partial charge in [-0.15, -0.1) is 11.8 Å². The third kappa shape index (κ3) is 5.91. The minimum Gasteiger partial charge on any atom is -0.457 e. The lowest BCUT2D eigenvalue weighted by atomic mass is 10.0. The van der Waals surface area contributed by atoms with Crippen molar-refractivity contribution < 1.29 is 27.5 Å². The van der Waals surface area contributed by atoms with Crippen molar-refractivity contribution in [2.24, 2.45) is 5.16 Å². The second-order valence-electron chi connectivity index (χ2n) is 6.77. The van der Waals surface area contributed by atoms with Crippen molar-refractivity contribution in [2.45, 2.75) is 32.5 Å². The molecular weight excluding hydrogens is 417 g/mol. The number of carbonyl (C=O) groups is 1. The van der Waals surface area contributed by atoms with Crippen molar-refractivity contribution in [3.8, 4) is 11.5 Å². The summed E-state index contributed by atoms with van der Waals surface area (Å²) in [4.78, 5) is 16.4. The number of oxime groups is 1. The first-order valence-corrected chi connectivity index (χ1v) is 10.3. The highest BCUT2D eigenvalue weighted by molar-refractivity contribution is 8.13. The number of ether oxygens (including phenoxy) is 1. The van der Waals surface area contributed by atoms with Gasteiger partial charge in [0.2, 0.25) is 5.91 Å². The van der Waals surface area contributed by atoms with Gasteiger partial charge in [0.1, 0.15) is 16.5 Å². The lowest BCUT2D eigenvalue weighted by molar-refractivity contribution is -0.137. The van der Waals surface area contributed by atoms with Crippen LogP contribution in [0.2, 0.25) is 0 Å². The van der Waals surface area contributed by atoms with Crippen molar-refractivity contribution >= 4 is 22.7 Å². The summed E-state index contributed by atoms with van der Waals surface area (Å²) in [5, 5.41) is 7.63. The summed E-state index contributed by atoms with van der Waals surface area (Å²) in [5.41, 5.74) is 0.853. The molecule has 30 heavy (non-hydrogen) atoms. The molecule has 0 bridgehead atoms. The average Bonchev–Trinajstić information content (AvgIpc) is 3.15. The van der Waals surface area contributed by atoms with Crippen molar-refractivity contribution in [1.82, 2.24) is 5.32 Å². The number of aryl methyl sites for hydroxylation is 1. The smallest absolute Gasteiger partial charge is 0.416 e. The van der Waals surface area contributed by atoms with Crippen molar-refractivity contribution in [2.75, 3.05) is 12.3 Å². The van der Waals surface area contributed by atoms with E-state index in [1.54, 1.807) is 6.07 Å². The highest BCUT2D eigenvalue weighted by Gasteiger charge is 2.30. The maximum atomic E-state index is 12.9. The first kappa shape index (κ1) is 22.0. The number of thioether (sulfide) groups is 1. The first-order valence-electron chi connectivity index (χ1n) is 9.28. The molecule has 0 spiro atoms. The highest BCUT2D eigenvalue weighted by atomic mass is 32.2. The van der Waals surface area contributed by atoms with E-state index in [9.17, 15) is 18.0 Å². The van der Waals surface area contributed by atoms with Crippen LogP contribution >= 0.6 is 11.8 Å². The molecular formula is C21H21F3N2O3S. The summed E-state index contributed by atoms with van der Waals surface area (Å²) in [5.74, 6) is 1.18. The molecule has 3 rings (SSSR count). The number of carbonyl (C=O) groups excluding carboxylic acids is 1. The molecule has 1 heterocycles. The van der Waals surface area contributed by atoms with Gasteiger partial charge in [-0.25, -0.2) is 0 Å². The standard InChI is InChI=1S/C21H21F3N2O3S/c1-13-6-7-15(19-12-20(26-29-19)30-9-8-25-14(2)27)10-18(13)28-17-5-3-4-16(11-17)21(22,23)24/h3-7,10-11,19H,8-9,12H2,1-2H3,(H,25,27). The summed E-state index contributed by atoms with van der Waals surface area (Å²) < 4.78 is 44.5. The molecule has 0 saturated carbocycles. The first-order chi connectivity index (χ1) is 14.2. The number of alkyl halides is 3. The molecule has 9 heteroatoms. The van der Waals surface area contributed by atoms with E-state index < -0.39 is 11.7 Å². The number of hydrogen-bond acceptors (Lipinski definition) is 5. The van der Waals surface area contributed by atoms with Gasteiger partial charge < -0.3 is 14.9 Å². The van der Waals surface area contributed by atoms with Crippen LogP contribution in [0.3, 0.4) is 0 Å². The van der Waals surface area contributed by atoms with Gasteiger partial charge in [0, 0.05) is 25.6 Å². The van der Waals surface area contributed by atoms with E-state index >= 15 is 0 Å². The molecule has 0 saturated heterocycles. The van der Waals surface area contributed by atoms with Gasteiger partial charge in [0.05, 0.1) is 5.56 Å².